The van der Waals surface area contributed by atoms with Gasteiger partial charge in [-0.3, -0.25) is 4.79 Å². The van der Waals surface area contributed by atoms with Gasteiger partial charge in [-0.1, -0.05) is 99.4 Å². The van der Waals surface area contributed by atoms with Gasteiger partial charge in [0, 0.05) is 17.9 Å². The van der Waals surface area contributed by atoms with Crippen LogP contribution in [-0.2, 0) is 14.0 Å². The molecule has 0 saturated heterocycles. The maximum Gasteiger partial charge on any atom is 0.305 e. The summed E-state index contributed by atoms with van der Waals surface area (Å²) >= 11 is 0. The molecule has 0 heterocycles. The minimum atomic E-state index is -2.66. The van der Waals surface area contributed by atoms with Crippen molar-refractivity contribution in [1.29, 1.82) is 0 Å². The van der Waals surface area contributed by atoms with E-state index in [1.165, 1.54) is 17.5 Å². The van der Waals surface area contributed by atoms with Crippen LogP contribution in [0.25, 0.3) is 10.4 Å². The van der Waals surface area contributed by atoms with E-state index in [0.717, 1.165) is 25.7 Å². The Kier molecular flexibility index (Phi) is 9.97. The van der Waals surface area contributed by atoms with E-state index in [0.29, 0.717) is 13.0 Å². The van der Waals surface area contributed by atoms with Crippen LogP contribution in [0.5, 0.6) is 0 Å². The van der Waals surface area contributed by atoms with Crippen molar-refractivity contribution in [2.45, 2.75) is 64.0 Å². The smallest absolute Gasteiger partial charge is 0.305 e. The molecule has 0 unspecified atom stereocenters. The fraction of sp³-hybridized carbons (Fsp3) is 0.480. The molecular weight excluding hydrogens is 418 g/mol. The van der Waals surface area contributed by atoms with Gasteiger partial charge in [-0.25, -0.2) is 0 Å². The maximum absolute atomic E-state index is 11.3. The van der Waals surface area contributed by atoms with Crippen LogP contribution in [0.3, 0.4) is 0 Å². The predicted octanol–water partition coefficient (Wildman–Crippen LogP) is 5.37. The monoisotopic (exact) mass is 453 g/mol. The molecule has 0 N–H and O–H groups in total. The van der Waals surface area contributed by atoms with Crippen molar-refractivity contribution >= 4 is 24.7 Å². The zero-order valence-corrected chi connectivity index (χ0v) is 20.7. The molecule has 6 nitrogen and oxygen atoms in total. The van der Waals surface area contributed by atoms with Crippen molar-refractivity contribution in [2.24, 2.45) is 5.11 Å². The van der Waals surface area contributed by atoms with Gasteiger partial charge in [-0.05, 0) is 33.8 Å². The summed E-state index contributed by atoms with van der Waals surface area (Å²) in [4.78, 5) is 14.4. The van der Waals surface area contributed by atoms with Crippen molar-refractivity contribution in [3.8, 4) is 0 Å². The molecule has 0 fully saturated rings. The number of unbranched alkanes of at least 4 members (excludes halogenated alkanes) is 2. The topological polar surface area (TPSA) is 84.3 Å². The molecule has 0 amide bonds. The summed E-state index contributed by atoms with van der Waals surface area (Å²) in [6.45, 7) is 7.06. The molecule has 0 spiro atoms. The van der Waals surface area contributed by atoms with Gasteiger partial charge in [-0.15, -0.1) is 0 Å². The number of hydrogen-bond acceptors (Lipinski definition) is 4. The Bertz CT molecular complexity index is 839. The van der Waals surface area contributed by atoms with Gasteiger partial charge in [0.2, 0.25) is 0 Å². The summed E-state index contributed by atoms with van der Waals surface area (Å²) in [6, 6.07) is 20.6. The van der Waals surface area contributed by atoms with E-state index in [4.69, 9.17) is 9.96 Å². The number of rotatable bonds is 12. The summed E-state index contributed by atoms with van der Waals surface area (Å²) in [5, 5.41) is 6.31. The summed E-state index contributed by atoms with van der Waals surface area (Å²) in [7, 11) is -1.25. The first-order valence-corrected chi connectivity index (χ1v) is 13.1. The normalized spacial score (nSPS) is 12.6. The molecule has 172 valence electrons. The number of ether oxygens (including phenoxy) is 1. The van der Waals surface area contributed by atoms with E-state index >= 15 is 0 Å². The summed E-state index contributed by atoms with van der Waals surface area (Å²) < 4.78 is 11.6. The average Bonchev–Trinajstić information content (AvgIpc) is 2.79. The highest BCUT2D eigenvalue weighted by Gasteiger charge is 2.50. The molecule has 2 aromatic carbocycles. The van der Waals surface area contributed by atoms with Crippen LogP contribution in [0.15, 0.2) is 65.8 Å². The van der Waals surface area contributed by atoms with Gasteiger partial charge in [-0.2, -0.15) is 0 Å². The molecule has 1 atom stereocenters. The van der Waals surface area contributed by atoms with Crippen molar-refractivity contribution in [3.05, 3.63) is 71.1 Å². The Morgan fingerprint density at radius 1 is 1.00 bits per heavy atom. The summed E-state index contributed by atoms with van der Waals surface area (Å²) in [5.74, 6) is -0.188. The number of carbonyl (C=O) groups excluding carboxylic acids is 1. The standard InChI is InChI=1S/C25H35N3O3Si/c1-25(2,3)32(22-15-9-6-10-16-22,23-17-11-7-12-18-23)31-20-21(27-28-26)14-8-5-13-19-24(29)30-4/h6-7,9-12,15-18,21H,5,8,13-14,19-20H2,1-4H3/t21-/m0/s1. The molecule has 0 saturated carbocycles. The van der Waals surface area contributed by atoms with Gasteiger partial charge in [0.15, 0.2) is 0 Å². The fourth-order valence-electron chi connectivity index (χ4n) is 4.16. The van der Waals surface area contributed by atoms with Crippen LogP contribution in [-0.4, -0.2) is 34.0 Å². The second-order valence-electron chi connectivity index (χ2n) is 9.01. The van der Waals surface area contributed by atoms with Gasteiger partial charge in [0.05, 0.1) is 13.2 Å². The van der Waals surface area contributed by atoms with Crippen LogP contribution >= 0.6 is 0 Å². The number of benzene rings is 2. The minimum Gasteiger partial charge on any atom is -0.469 e. The number of esters is 1. The zero-order chi connectivity index (χ0) is 23.5. The molecule has 2 rings (SSSR count). The highest BCUT2D eigenvalue weighted by Crippen LogP contribution is 2.37. The first-order valence-electron chi connectivity index (χ1n) is 11.2. The van der Waals surface area contributed by atoms with E-state index in [9.17, 15) is 4.79 Å². The molecule has 0 aliphatic rings. The second kappa shape index (κ2) is 12.4. The number of azide groups is 1. The number of nitrogens with zero attached hydrogens (tertiary/aromatic N) is 3. The lowest BCUT2D eigenvalue weighted by Crippen LogP contribution is -2.67. The maximum atomic E-state index is 11.3. The molecule has 2 aromatic rings. The SMILES string of the molecule is COC(=O)CCCCC[C@@H](CO[Si](c1ccccc1)(c1ccccc1)C(C)(C)C)N=[N+]=[N-]. The van der Waals surface area contributed by atoms with Crippen LogP contribution in [0.2, 0.25) is 5.04 Å². The molecular formula is C25H35N3O3Si. The van der Waals surface area contributed by atoms with E-state index in [-0.39, 0.29) is 17.0 Å². The van der Waals surface area contributed by atoms with Crippen molar-refractivity contribution in [2.75, 3.05) is 13.7 Å². The number of hydrogen-bond donors (Lipinski definition) is 0. The number of carbonyl (C=O) groups is 1. The third-order valence-electron chi connectivity index (χ3n) is 5.77. The average molecular weight is 454 g/mol. The van der Waals surface area contributed by atoms with Crippen LogP contribution in [0.4, 0.5) is 0 Å². The lowest BCUT2D eigenvalue weighted by Gasteiger charge is -2.43. The van der Waals surface area contributed by atoms with Crippen LogP contribution in [0, 0.1) is 0 Å². The predicted molar refractivity (Wildman–Crippen MR) is 132 cm³/mol. The van der Waals surface area contributed by atoms with Crippen molar-refractivity contribution in [1.82, 2.24) is 0 Å². The second-order valence-corrected chi connectivity index (χ2v) is 13.3. The molecule has 0 bridgehead atoms. The molecule has 32 heavy (non-hydrogen) atoms. The molecule has 0 aliphatic carbocycles. The van der Waals surface area contributed by atoms with Gasteiger partial charge in [0.25, 0.3) is 8.32 Å². The zero-order valence-electron chi connectivity index (χ0n) is 19.7. The Morgan fingerprint density at radius 2 is 1.56 bits per heavy atom. The van der Waals surface area contributed by atoms with E-state index < -0.39 is 8.32 Å². The molecule has 0 aromatic heterocycles. The van der Waals surface area contributed by atoms with Gasteiger partial charge in [0.1, 0.15) is 0 Å². The highest BCUT2D eigenvalue weighted by molar-refractivity contribution is 6.99. The lowest BCUT2D eigenvalue weighted by atomic mass is 10.1. The Labute approximate surface area is 192 Å². The molecule has 0 radical (unpaired) electrons. The summed E-state index contributed by atoms with van der Waals surface area (Å²) in [6.07, 6.45) is 3.66. The van der Waals surface area contributed by atoms with Crippen molar-refractivity contribution < 1.29 is 14.0 Å². The molecule has 0 aliphatic heterocycles. The van der Waals surface area contributed by atoms with E-state index in [2.05, 4.69) is 84.1 Å². The number of methoxy groups -OCH3 is 1. The van der Waals surface area contributed by atoms with E-state index in [1.807, 2.05) is 12.1 Å². The quantitative estimate of drug-likeness (QED) is 0.108. The van der Waals surface area contributed by atoms with E-state index in [1.54, 1.807) is 0 Å². The van der Waals surface area contributed by atoms with Crippen LogP contribution in [0.1, 0.15) is 52.9 Å². The van der Waals surface area contributed by atoms with Gasteiger partial charge < -0.3 is 9.16 Å². The minimum absolute atomic E-state index is 0.128. The largest absolute Gasteiger partial charge is 0.469 e. The third-order valence-corrected chi connectivity index (χ3v) is 10.8. The first kappa shape index (κ1) is 25.7. The van der Waals surface area contributed by atoms with Crippen LogP contribution < -0.4 is 10.4 Å². The fourth-order valence-corrected chi connectivity index (χ4v) is 8.76. The third kappa shape index (κ3) is 6.70. The van der Waals surface area contributed by atoms with Gasteiger partial charge >= 0.3 is 5.97 Å². The molecule has 7 heteroatoms. The highest BCUT2D eigenvalue weighted by atomic mass is 28.4. The Morgan fingerprint density at radius 3 is 2.03 bits per heavy atom. The Balaban J connectivity index is 2.23. The summed E-state index contributed by atoms with van der Waals surface area (Å²) in [5.41, 5.74) is 9.12. The van der Waals surface area contributed by atoms with Crippen molar-refractivity contribution in [3.63, 3.8) is 0 Å². The lowest BCUT2D eigenvalue weighted by molar-refractivity contribution is -0.140. The Hall–Kier alpha value is -2.60. The first-order chi connectivity index (χ1) is 15.3.